The monoisotopic (exact) mass is 497 g/mol. The van der Waals surface area contributed by atoms with E-state index < -0.39 is 49.5 Å². The van der Waals surface area contributed by atoms with E-state index in [1.165, 1.54) is 6.07 Å². The van der Waals surface area contributed by atoms with Crippen LogP contribution in [0.3, 0.4) is 0 Å². The number of amidine groups is 1. The van der Waals surface area contributed by atoms with Gasteiger partial charge in [0.15, 0.2) is 0 Å². The smallest absolute Gasteiger partial charge is 0.388 e. The molecule has 4 rings (SSSR count). The van der Waals surface area contributed by atoms with Gasteiger partial charge < -0.3 is 15.8 Å². The number of nitrogens with two attached hydrogens (primary N) is 1. The van der Waals surface area contributed by atoms with Crippen LogP contribution in [0.2, 0.25) is 0 Å². The number of aliphatic imine (C=N–C) groups is 1. The standard InChI is InChI=1S/C20H22F3N7O3S/c1-19(2)17(24)30-20(3,12-6-7-27-34(12,19)32)15-10(21)4-5-13(28-15)29-16(31)11-8-26-14(9-25-11)33-18(22)23/h4-5,8-9,12,18H,6-7H2,1-3H3,(H2,24,30)(H,28,29,31)/t12-,20+,34+/m1/s1. The zero-order valence-corrected chi connectivity index (χ0v) is 19.3. The van der Waals surface area contributed by atoms with Crippen molar-refractivity contribution in [2.24, 2.45) is 15.1 Å². The Morgan fingerprint density at radius 1 is 1.26 bits per heavy atom. The molecule has 0 spiro atoms. The van der Waals surface area contributed by atoms with Crippen LogP contribution in [0.15, 0.2) is 33.9 Å². The minimum Gasteiger partial charge on any atom is -0.415 e. The number of rotatable bonds is 5. The van der Waals surface area contributed by atoms with Crippen LogP contribution in [0, 0.1) is 5.82 Å². The molecule has 34 heavy (non-hydrogen) atoms. The lowest BCUT2D eigenvalue weighted by atomic mass is 9.89. The highest BCUT2D eigenvalue weighted by molar-refractivity contribution is 7.96. The highest BCUT2D eigenvalue weighted by atomic mass is 32.2. The fraction of sp³-hybridized carbons (Fsp3) is 0.450. The van der Waals surface area contributed by atoms with Crippen molar-refractivity contribution in [2.75, 3.05) is 11.9 Å². The maximum Gasteiger partial charge on any atom is 0.388 e. The number of alkyl halides is 2. The van der Waals surface area contributed by atoms with Gasteiger partial charge in [-0.3, -0.25) is 9.79 Å². The molecule has 2 aliphatic rings. The number of fused-ring (bicyclic) bond motifs is 1. The van der Waals surface area contributed by atoms with Crippen molar-refractivity contribution in [3.05, 3.63) is 41.7 Å². The zero-order chi connectivity index (χ0) is 24.9. The van der Waals surface area contributed by atoms with Gasteiger partial charge in [0.05, 0.1) is 27.4 Å². The van der Waals surface area contributed by atoms with Crippen molar-refractivity contribution in [3.63, 3.8) is 0 Å². The van der Waals surface area contributed by atoms with Crippen molar-refractivity contribution < 1.29 is 26.9 Å². The molecule has 4 heterocycles. The second-order valence-corrected chi connectivity index (χ2v) is 11.4. The molecule has 0 bridgehead atoms. The third-order valence-electron chi connectivity index (χ3n) is 6.03. The maximum atomic E-state index is 15.0. The van der Waals surface area contributed by atoms with E-state index in [-0.39, 0.29) is 23.0 Å². The third kappa shape index (κ3) is 3.75. The Balaban J connectivity index is 1.67. The van der Waals surface area contributed by atoms with Crippen molar-refractivity contribution in [1.29, 1.82) is 0 Å². The minimum absolute atomic E-state index is 0.0302. The van der Waals surface area contributed by atoms with E-state index in [1.807, 2.05) is 0 Å². The molecule has 0 saturated carbocycles. The van der Waals surface area contributed by atoms with Crippen molar-refractivity contribution in [1.82, 2.24) is 15.0 Å². The van der Waals surface area contributed by atoms with Gasteiger partial charge in [-0.05, 0) is 39.3 Å². The molecule has 0 unspecified atom stereocenters. The molecule has 0 radical (unpaired) electrons. The number of hydrogen-bond donors (Lipinski definition) is 2. The van der Waals surface area contributed by atoms with E-state index in [4.69, 9.17) is 5.73 Å². The molecule has 3 N–H and O–H groups in total. The SMILES string of the molecule is CC1(C)C(N)=N[C@](C)(c2nc(NC(=O)c3cnc(OC(F)F)cn3)ccc2F)[C@H]2CCN=[S@]21=O. The highest BCUT2D eigenvalue weighted by Gasteiger charge is 2.57. The summed E-state index contributed by atoms with van der Waals surface area (Å²) in [5.74, 6) is -1.88. The molecule has 0 fully saturated rings. The number of hydrogen-bond acceptors (Lipinski definition) is 9. The normalized spacial score (nSPS) is 27.5. The second kappa shape index (κ2) is 8.18. The van der Waals surface area contributed by atoms with Crippen molar-refractivity contribution in [2.45, 2.75) is 49.3 Å². The first-order valence-electron chi connectivity index (χ1n) is 10.2. The van der Waals surface area contributed by atoms with Gasteiger partial charge in [0, 0.05) is 6.54 Å². The lowest BCUT2D eigenvalue weighted by Gasteiger charge is -2.44. The van der Waals surface area contributed by atoms with Gasteiger partial charge in [-0.15, -0.1) is 0 Å². The highest BCUT2D eigenvalue weighted by Crippen LogP contribution is 2.47. The maximum absolute atomic E-state index is 15.0. The van der Waals surface area contributed by atoms with Crippen molar-refractivity contribution >= 4 is 27.3 Å². The first-order valence-corrected chi connectivity index (χ1v) is 11.8. The van der Waals surface area contributed by atoms with E-state index in [9.17, 15) is 17.8 Å². The average molecular weight is 498 g/mol. The summed E-state index contributed by atoms with van der Waals surface area (Å²) in [7, 11) is -2.90. The average Bonchev–Trinajstić information content (AvgIpc) is 3.18. The van der Waals surface area contributed by atoms with E-state index in [0.717, 1.165) is 18.5 Å². The number of pyridine rings is 1. The molecule has 1 amide bonds. The van der Waals surface area contributed by atoms with Crippen LogP contribution >= 0.6 is 0 Å². The Kier molecular flexibility index (Phi) is 5.74. The Hall–Kier alpha value is -3.29. The number of aromatic nitrogens is 3. The number of nitrogens with one attached hydrogen (secondary N) is 1. The molecule has 3 atom stereocenters. The van der Waals surface area contributed by atoms with Gasteiger partial charge >= 0.3 is 6.61 Å². The molecule has 0 saturated heterocycles. The number of anilines is 1. The first kappa shape index (κ1) is 23.9. The van der Waals surface area contributed by atoms with Gasteiger partial charge in [0.25, 0.3) is 5.91 Å². The van der Waals surface area contributed by atoms with Gasteiger partial charge in [-0.25, -0.2) is 27.9 Å². The molecule has 0 aliphatic carbocycles. The van der Waals surface area contributed by atoms with E-state index in [0.29, 0.717) is 13.0 Å². The molecular formula is C20H22F3N7O3S. The summed E-state index contributed by atoms with van der Waals surface area (Å²) in [6, 6.07) is 2.34. The van der Waals surface area contributed by atoms with Crippen LogP contribution in [0.25, 0.3) is 0 Å². The lowest BCUT2D eigenvalue weighted by molar-refractivity contribution is -0.0531. The van der Waals surface area contributed by atoms with Gasteiger partial charge in [-0.2, -0.15) is 8.78 Å². The molecule has 2 aliphatic heterocycles. The van der Waals surface area contributed by atoms with Gasteiger partial charge in [0.1, 0.15) is 39.1 Å². The van der Waals surface area contributed by atoms with Crippen LogP contribution < -0.4 is 15.8 Å². The quantitative estimate of drug-likeness (QED) is 0.645. The number of amides is 1. The van der Waals surface area contributed by atoms with Gasteiger partial charge in [-0.1, -0.05) is 0 Å². The number of carbonyl (C=O) groups is 1. The lowest BCUT2D eigenvalue weighted by Crippen LogP contribution is -2.58. The molecule has 182 valence electrons. The summed E-state index contributed by atoms with van der Waals surface area (Å²) < 4.78 is 60.8. The summed E-state index contributed by atoms with van der Waals surface area (Å²) in [6.45, 7) is 2.25. The van der Waals surface area contributed by atoms with Gasteiger partial charge in [0.2, 0.25) is 5.88 Å². The van der Waals surface area contributed by atoms with E-state index in [2.05, 4.69) is 34.4 Å². The van der Waals surface area contributed by atoms with Crippen LogP contribution in [0.4, 0.5) is 19.0 Å². The van der Waals surface area contributed by atoms with Crippen LogP contribution in [-0.2, 0) is 15.3 Å². The molecule has 10 nitrogen and oxygen atoms in total. The summed E-state index contributed by atoms with van der Waals surface area (Å²) in [6.07, 6.45) is 2.23. The molecule has 2 aromatic heterocycles. The Morgan fingerprint density at radius 3 is 2.65 bits per heavy atom. The molecule has 14 heteroatoms. The Bertz CT molecular complexity index is 1290. The number of halogens is 3. The number of ether oxygens (including phenoxy) is 1. The zero-order valence-electron chi connectivity index (χ0n) is 18.5. The topological polar surface area (TPSA) is 145 Å². The second-order valence-electron chi connectivity index (χ2n) is 8.45. The van der Waals surface area contributed by atoms with Crippen molar-refractivity contribution in [3.8, 4) is 5.88 Å². The summed E-state index contributed by atoms with van der Waals surface area (Å²) in [5, 5.41) is 1.82. The molecular weight excluding hydrogens is 475 g/mol. The largest absolute Gasteiger partial charge is 0.415 e. The summed E-state index contributed by atoms with van der Waals surface area (Å²) in [4.78, 5) is 28.6. The Morgan fingerprint density at radius 2 is 2.00 bits per heavy atom. The molecule has 2 aromatic rings. The fourth-order valence-corrected chi connectivity index (χ4v) is 7.26. The van der Waals surface area contributed by atoms with Crippen LogP contribution in [0.5, 0.6) is 5.88 Å². The third-order valence-corrected chi connectivity index (χ3v) is 9.73. The minimum atomic E-state index is -3.08. The van der Waals surface area contributed by atoms with Crippen LogP contribution in [-0.4, -0.2) is 54.1 Å². The Labute approximate surface area is 193 Å². The predicted molar refractivity (Wildman–Crippen MR) is 118 cm³/mol. The van der Waals surface area contributed by atoms with E-state index in [1.54, 1.807) is 20.8 Å². The number of carbonyl (C=O) groups excluding carboxylic acids is 1. The van der Waals surface area contributed by atoms with E-state index >= 15 is 4.39 Å². The first-order chi connectivity index (χ1) is 15.9. The predicted octanol–water partition coefficient (Wildman–Crippen LogP) is 2.47. The summed E-state index contributed by atoms with van der Waals surface area (Å²) in [5.41, 5.74) is 4.45. The summed E-state index contributed by atoms with van der Waals surface area (Å²) >= 11 is 0. The van der Waals surface area contributed by atoms with Crippen LogP contribution in [0.1, 0.15) is 43.4 Å². The number of nitrogens with zero attached hydrogens (tertiary/aromatic N) is 5. The fourth-order valence-electron chi connectivity index (χ4n) is 4.11. The molecule has 0 aromatic carbocycles.